The highest BCUT2D eigenvalue weighted by Gasteiger charge is 2.41. The minimum Gasteiger partial charge on any atom is -0.444 e. The van der Waals surface area contributed by atoms with Gasteiger partial charge >= 0.3 is 5.97 Å². The molecule has 0 aliphatic heterocycles. The normalized spacial score (nSPS) is 14.2. The molecule has 26 heavy (non-hydrogen) atoms. The van der Waals surface area contributed by atoms with Crippen LogP contribution in [0.4, 0.5) is 0 Å². The van der Waals surface area contributed by atoms with Gasteiger partial charge in [-0.25, -0.2) is 0 Å². The molecular weight excluding hydrogens is 324 g/mol. The second-order valence-corrected chi connectivity index (χ2v) is 8.79. The lowest BCUT2D eigenvalue weighted by Crippen LogP contribution is -2.55. The van der Waals surface area contributed by atoms with Gasteiger partial charge in [-0.1, -0.05) is 91.9 Å². The molecule has 0 bridgehead atoms. The minimum absolute atomic E-state index is 0.171. The number of hydrogen-bond donors (Lipinski definition) is 2. The molecule has 0 saturated heterocycles. The standard InChI is InChI=1S/C22H46N2O2/c1-5-6-7-8-9-10-11-12-13-14-15-17-20(25)26-22(24,18-16-19-23)21(2,3)4/h5-19,23-24H2,1-4H3. The van der Waals surface area contributed by atoms with Gasteiger partial charge in [0.1, 0.15) is 0 Å². The fourth-order valence-electron chi connectivity index (χ4n) is 3.13. The lowest BCUT2D eigenvalue weighted by Gasteiger charge is -2.40. The summed E-state index contributed by atoms with van der Waals surface area (Å²) in [6, 6.07) is 0. The predicted octanol–water partition coefficient (Wildman–Crippen LogP) is 5.67. The van der Waals surface area contributed by atoms with E-state index in [-0.39, 0.29) is 11.4 Å². The lowest BCUT2D eigenvalue weighted by atomic mass is 9.80. The van der Waals surface area contributed by atoms with Crippen LogP contribution in [-0.4, -0.2) is 18.2 Å². The van der Waals surface area contributed by atoms with Crippen LogP contribution in [0.1, 0.15) is 118 Å². The van der Waals surface area contributed by atoms with E-state index in [1.54, 1.807) is 0 Å². The largest absolute Gasteiger partial charge is 0.444 e. The van der Waals surface area contributed by atoms with Crippen LogP contribution in [0.3, 0.4) is 0 Å². The molecule has 4 N–H and O–H groups in total. The summed E-state index contributed by atoms with van der Waals surface area (Å²) in [5.74, 6) is -0.171. The van der Waals surface area contributed by atoms with Gasteiger partial charge < -0.3 is 10.5 Å². The highest BCUT2D eigenvalue weighted by molar-refractivity contribution is 5.69. The van der Waals surface area contributed by atoms with Crippen molar-refractivity contribution in [1.29, 1.82) is 0 Å². The molecule has 0 aliphatic rings. The quantitative estimate of drug-likeness (QED) is 0.208. The van der Waals surface area contributed by atoms with Crippen molar-refractivity contribution in [1.82, 2.24) is 0 Å². The molecule has 0 amide bonds. The van der Waals surface area contributed by atoms with Crippen molar-refractivity contribution in [3.63, 3.8) is 0 Å². The number of hydrogen-bond acceptors (Lipinski definition) is 4. The van der Waals surface area contributed by atoms with Crippen molar-refractivity contribution in [3.8, 4) is 0 Å². The maximum absolute atomic E-state index is 12.2. The summed E-state index contributed by atoms with van der Waals surface area (Å²) in [6.45, 7) is 8.86. The molecule has 1 unspecified atom stereocenters. The fourth-order valence-corrected chi connectivity index (χ4v) is 3.13. The third-order valence-electron chi connectivity index (χ3n) is 5.30. The number of ether oxygens (including phenoxy) is 1. The van der Waals surface area contributed by atoms with E-state index in [2.05, 4.69) is 6.92 Å². The van der Waals surface area contributed by atoms with Gasteiger partial charge in [0.15, 0.2) is 5.72 Å². The van der Waals surface area contributed by atoms with Gasteiger partial charge in [0.25, 0.3) is 0 Å². The summed E-state index contributed by atoms with van der Waals surface area (Å²) in [4.78, 5) is 12.2. The van der Waals surface area contributed by atoms with Gasteiger partial charge in [0.2, 0.25) is 0 Å². The number of unbranched alkanes of at least 4 members (excludes halogenated alkanes) is 10. The number of carbonyl (C=O) groups is 1. The van der Waals surface area contributed by atoms with Crippen LogP contribution in [0.5, 0.6) is 0 Å². The van der Waals surface area contributed by atoms with Crippen LogP contribution in [0.2, 0.25) is 0 Å². The molecular formula is C22H46N2O2. The topological polar surface area (TPSA) is 78.3 Å². The van der Waals surface area contributed by atoms with Gasteiger partial charge in [-0.15, -0.1) is 0 Å². The number of rotatable bonds is 16. The third kappa shape index (κ3) is 11.9. The van der Waals surface area contributed by atoms with Gasteiger partial charge in [-0.3, -0.25) is 10.5 Å². The van der Waals surface area contributed by atoms with E-state index in [1.165, 1.54) is 57.8 Å². The Morgan fingerprint density at radius 3 is 1.69 bits per heavy atom. The van der Waals surface area contributed by atoms with E-state index >= 15 is 0 Å². The molecule has 0 heterocycles. The average molecular weight is 371 g/mol. The number of esters is 1. The smallest absolute Gasteiger partial charge is 0.307 e. The molecule has 0 saturated carbocycles. The van der Waals surface area contributed by atoms with Crippen LogP contribution in [-0.2, 0) is 9.53 Å². The second-order valence-electron chi connectivity index (χ2n) is 8.79. The first kappa shape index (κ1) is 25.4. The highest BCUT2D eigenvalue weighted by atomic mass is 16.6. The van der Waals surface area contributed by atoms with Gasteiger partial charge in [0, 0.05) is 18.3 Å². The van der Waals surface area contributed by atoms with E-state index in [0.29, 0.717) is 19.4 Å². The SMILES string of the molecule is CCCCCCCCCCCCCC(=O)OC(N)(CCCN)C(C)(C)C. The molecule has 0 aliphatic carbocycles. The van der Waals surface area contributed by atoms with Crippen LogP contribution in [0, 0.1) is 5.41 Å². The first-order chi connectivity index (χ1) is 12.3. The Hall–Kier alpha value is -0.610. The van der Waals surface area contributed by atoms with Crippen LogP contribution >= 0.6 is 0 Å². The zero-order chi connectivity index (χ0) is 19.9. The molecule has 1 atom stereocenters. The van der Waals surface area contributed by atoms with Crippen LogP contribution in [0.15, 0.2) is 0 Å². The fraction of sp³-hybridized carbons (Fsp3) is 0.955. The van der Waals surface area contributed by atoms with E-state index in [9.17, 15) is 4.79 Å². The molecule has 0 radical (unpaired) electrons. The Bertz CT molecular complexity index is 353. The van der Waals surface area contributed by atoms with E-state index in [0.717, 1.165) is 19.3 Å². The molecule has 0 rings (SSSR count). The van der Waals surface area contributed by atoms with Gasteiger partial charge in [0.05, 0.1) is 0 Å². The first-order valence-corrected chi connectivity index (χ1v) is 11.0. The van der Waals surface area contributed by atoms with Crippen LogP contribution in [0.25, 0.3) is 0 Å². The molecule has 0 aromatic carbocycles. The molecule has 4 nitrogen and oxygen atoms in total. The van der Waals surface area contributed by atoms with Crippen molar-refractivity contribution in [2.75, 3.05) is 6.54 Å². The molecule has 0 fully saturated rings. The van der Waals surface area contributed by atoms with Gasteiger partial charge in [-0.05, 0) is 19.4 Å². The molecule has 0 aromatic rings. The minimum atomic E-state index is -0.929. The molecule has 156 valence electrons. The van der Waals surface area contributed by atoms with Crippen LogP contribution < -0.4 is 11.5 Å². The Balaban J connectivity index is 3.81. The van der Waals surface area contributed by atoms with Crippen molar-refractivity contribution < 1.29 is 9.53 Å². The summed E-state index contributed by atoms with van der Waals surface area (Å²) in [6.07, 6.45) is 15.8. The first-order valence-electron chi connectivity index (χ1n) is 11.0. The lowest BCUT2D eigenvalue weighted by molar-refractivity contribution is -0.174. The van der Waals surface area contributed by atoms with E-state index < -0.39 is 5.72 Å². The average Bonchev–Trinajstić information content (AvgIpc) is 2.57. The summed E-state index contributed by atoms with van der Waals surface area (Å²) in [7, 11) is 0. The summed E-state index contributed by atoms with van der Waals surface area (Å²) >= 11 is 0. The Kier molecular flexibility index (Phi) is 14.1. The van der Waals surface area contributed by atoms with E-state index in [4.69, 9.17) is 16.2 Å². The molecule has 0 aromatic heterocycles. The van der Waals surface area contributed by atoms with Crippen molar-refractivity contribution in [2.24, 2.45) is 16.9 Å². The Labute approximate surface area is 162 Å². The maximum Gasteiger partial charge on any atom is 0.307 e. The third-order valence-corrected chi connectivity index (χ3v) is 5.30. The Morgan fingerprint density at radius 1 is 0.808 bits per heavy atom. The molecule has 4 heteroatoms. The van der Waals surface area contributed by atoms with Crippen molar-refractivity contribution >= 4 is 5.97 Å². The second kappa shape index (κ2) is 14.4. The van der Waals surface area contributed by atoms with Crippen molar-refractivity contribution in [2.45, 2.75) is 123 Å². The predicted molar refractivity (Wildman–Crippen MR) is 112 cm³/mol. The monoisotopic (exact) mass is 370 g/mol. The zero-order valence-electron chi connectivity index (χ0n) is 18.1. The zero-order valence-corrected chi connectivity index (χ0v) is 18.1. The summed E-state index contributed by atoms with van der Waals surface area (Å²) in [5.41, 5.74) is 10.8. The van der Waals surface area contributed by atoms with Gasteiger partial charge in [-0.2, -0.15) is 0 Å². The number of carbonyl (C=O) groups excluding carboxylic acids is 1. The maximum atomic E-state index is 12.2. The highest BCUT2D eigenvalue weighted by Crippen LogP contribution is 2.33. The summed E-state index contributed by atoms with van der Waals surface area (Å²) < 4.78 is 5.68. The summed E-state index contributed by atoms with van der Waals surface area (Å²) in [5, 5.41) is 0. The number of nitrogens with two attached hydrogens (primary N) is 2. The van der Waals surface area contributed by atoms with Crippen molar-refractivity contribution in [3.05, 3.63) is 0 Å². The Morgan fingerprint density at radius 2 is 1.27 bits per heavy atom. The van der Waals surface area contributed by atoms with E-state index in [1.807, 2.05) is 20.8 Å². The molecule has 0 spiro atoms.